The number of hydrogen-bond donors (Lipinski definition) is 0. The molecule has 1 aliphatic carbocycles. The van der Waals surface area contributed by atoms with Gasteiger partial charge in [-0.25, -0.2) is 0 Å². The van der Waals surface area contributed by atoms with Gasteiger partial charge >= 0.3 is 0 Å². The van der Waals surface area contributed by atoms with Crippen LogP contribution in [-0.4, -0.2) is 4.57 Å². The van der Waals surface area contributed by atoms with Crippen molar-refractivity contribution in [2.45, 2.75) is 19.3 Å². The van der Waals surface area contributed by atoms with Crippen LogP contribution in [0.3, 0.4) is 0 Å². The van der Waals surface area contributed by atoms with Crippen molar-refractivity contribution in [3.8, 4) is 27.9 Å². The first-order valence-electron chi connectivity index (χ1n) is 12.1. The molecule has 0 fully saturated rings. The summed E-state index contributed by atoms with van der Waals surface area (Å²) in [6.07, 6.45) is 0. The molecule has 2 heteroatoms. The molecule has 0 saturated carbocycles. The molecule has 1 aromatic heterocycles. The maximum Gasteiger partial charge on any atom is 0.0556 e. The molecule has 0 radical (unpaired) electrons. The lowest BCUT2D eigenvalue weighted by Crippen LogP contribution is -2.14. The van der Waals surface area contributed by atoms with E-state index in [0.29, 0.717) is 0 Å². The summed E-state index contributed by atoms with van der Waals surface area (Å²) in [5.41, 5.74) is 11.4. The molecule has 0 unspecified atom stereocenters. The molecule has 0 atom stereocenters. The summed E-state index contributed by atoms with van der Waals surface area (Å²) in [7, 11) is 0. The van der Waals surface area contributed by atoms with E-state index >= 15 is 0 Å². The van der Waals surface area contributed by atoms with Gasteiger partial charge < -0.3 is 4.57 Å². The van der Waals surface area contributed by atoms with Gasteiger partial charge in [0.1, 0.15) is 0 Å². The summed E-state index contributed by atoms with van der Waals surface area (Å²) in [5, 5.41) is 3.06. The van der Waals surface area contributed by atoms with Crippen LogP contribution in [0.2, 0.25) is 5.02 Å². The first-order valence-corrected chi connectivity index (χ1v) is 12.4. The summed E-state index contributed by atoms with van der Waals surface area (Å²) in [6, 6.07) is 39.2. The molecular formula is C33H24ClN. The zero-order valence-electron chi connectivity index (χ0n) is 19.7. The van der Waals surface area contributed by atoms with Crippen LogP contribution in [0.5, 0.6) is 0 Å². The van der Waals surface area contributed by atoms with Gasteiger partial charge in [0, 0.05) is 21.9 Å². The molecule has 1 heterocycles. The molecule has 6 aromatic rings. The average Bonchev–Trinajstić information content (AvgIpc) is 3.34. The van der Waals surface area contributed by atoms with Crippen molar-refractivity contribution in [3.05, 3.63) is 125 Å². The first kappa shape index (κ1) is 20.6. The quantitative estimate of drug-likeness (QED) is 0.238. The van der Waals surface area contributed by atoms with E-state index in [1.165, 1.54) is 38.8 Å². The van der Waals surface area contributed by atoms with Gasteiger partial charge in [-0.3, -0.25) is 0 Å². The average molecular weight is 470 g/mol. The van der Waals surface area contributed by atoms with Crippen LogP contribution in [0.1, 0.15) is 25.0 Å². The Morgan fingerprint density at radius 2 is 1.31 bits per heavy atom. The Kier molecular flexibility index (Phi) is 4.31. The molecule has 168 valence electrons. The minimum absolute atomic E-state index is 0.0189. The van der Waals surface area contributed by atoms with E-state index in [1.54, 1.807) is 0 Å². The number of aromatic nitrogens is 1. The Morgan fingerprint density at radius 3 is 2.17 bits per heavy atom. The van der Waals surface area contributed by atoms with E-state index in [4.69, 9.17) is 11.6 Å². The van der Waals surface area contributed by atoms with Crippen molar-refractivity contribution in [1.29, 1.82) is 0 Å². The standard InChI is InChI=1S/C33H24ClN/c1-33(2)27-12-7-6-11-24(27)25-19-21(15-17-28(25)33)22-16-18-30-26(20-22)32-29(34)13-8-14-31(32)35(30)23-9-4-3-5-10-23/h3-20H,1-2H3. The van der Waals surface area contributed by atoms with Gasteiger partial charge in [-0.2, -0.15) is 0 Å². The van der Waals surface area contributed by atoms with Gasteiger partial charge in [-0.05, 0) is 75.8 Å². The molecule has 1 nitrogen and oxygen atoms in total. The molecule has 0 N–H and O–H groups in total. The number of para-hydroxylation sites is 1. The van der Waals surface area contributed by atoms with Crippen LogP contribution in [0.15, 0.2) is 109 Å². The maximum absolute atomic E-state index is 6.79. The smallest absolute Gasteiger partial charge is 0.0556 e. The highest BCUT2D eigenvalue weighted by molar-refractivity contribution is 6.38. The van der Waals surface area contributed by atoms with Crippen molar-refractivity contribution < 1.29 is 0 Å². The van der Waals surface area contributed by atoms with Gasteiger partial charge in [0.05, 0.1) is 16.1 Å². The summed E-state index contributed by atoms with van der Waals surface area (Å²) < 4.78 is 2.31. The second-order valence-electron chi connectivity index (χ2n) is 9.97. The maximum atomic E-state index is 6.79. The summed E-state index contributed by atoms with van der Waals surface area (Å²) >= 11 is 6.79. The Bertz CT molecular complexity index is 1770. The Hall–Kier alpha value is -3.81. The van der Waals surface area contributed by atoms with Crippen molar-refractivity contribution >= 4 is 33.4 Å². The highest BCUT2D eigenvalue weighted by atomic mass is 35.5. The predicted octanol–water partition coefficient (Wildman–Crippen LogP) is 9.41. The zero-order chi connectivity index (χ0) is 23.7. The van der Waals surface area contributed by atoms with Crippen LogP contribution < -0.4 is 0 Å². The topological polar surface area (TPSA) is 4.93 Å². The van der Waals surface area contributed by atoms with Crippen molar-refractivity contribution in [2.24, 2.45) is 0 Å². The minimum Gasteiger partial charge on any atom is -0.309 e. The van der Waals surface area contributed by atoms with Gasteiger partial charge in [0.15, 0.2) is 0 Å². The molecule has 0 bridgehead atoms. The molecule has 1 aliphatic rings. The predicted molar refractivity (Wildman–Crippen MR) is 149 cm³/mol. The molecule has 5 aromatic carbocycles. The normalized spacial score (nSPS) is 13.8. The third-order valence-electron chi connectivity index (χ3n) is 7.67. The Morgan fingerprint density at radius 1 is 0.600 bits per heavy atom. The number of rotatable bonds is 2. The third-order valence-corrected chi connectivity index (χ3v) is 7.99. The van der Waals surface area contributed by atoms with E-state index in [9.17, 15) is 0 Å². The van der Waals surface area contributed by atoms with Gasteiger partial charge in [0.2, 0.25) is 0 Å². The fourth-order valence-electron chi connectivity index (χ4n) is 5.96. The SMILES string of the molecule is CC1(C)c2ccccc2-c2cc(-c3ccc4c(c3)c3c(Cl)cccc3n4-c3ccccc3)ccc21. The lowest BCUT2D eigenvalue weighted by Gasteiger charge is -2.21. The third kappa shape index (κ3) is 2.89. The van der Waals surface area contributed by atoms with Crippen molar-refractivity contribution in [1.82, 2.24) is 4.57 Å². The fourth-order valence-corrected chi connectivity index (χ4v) is 6.23. The molecule has 0 saturated heterocycles. The Balaban J connectivity index is 1.47. The van der Waals surface area contributed by atoms with E-state index in [2.05, 4.69) is 115 Å². The van der Waals surface area contributed by atoms with E-state index in [0.717, 1.165) is 27.1 Å². The fraction of sp³-hybridized carbons (Fsp3) is 0.0909. The second kappa shape index (κ2) is 7.34. The highest BCUT2D eigenvalue weighted by Crippen LogP contribution is 2.49. The van der Waals surface area contributed by atoms with Crippen molar-refractivity contribution in [3.63, 3.8) is 0 Å². The number of benzene rings is 5. The monoisotopic (exact) mass is 469 g/mol. The number of hydrogen-bond acceptors (Lipinski definition) is 0. The zero-order valence-corrected chi connectivity index (χ0v) is 20.5. The number of nitrogens with zero attached hydrogens (tertiary/aromatic N) is 1. The largest absolute Gasteiger partial charge is 0.309 e. The van der Waals surface area contributed by atoms with E-state index in [-0.39, 0.29) is 5.41 Å². The molecule has 0 aliphatic heterocycles. The molecule has 0 spiro atoms. The lowest BCUT2D eigenvalue weighted by atomic mass is 9.82. The highest BCUT2D eigenvalue weighted by Gasteiger charge is 2.35. The van der Waals surface area contributed by atoms with Gasteiger partial charge in [-0.15, -0.1) is 0 Å². The Labute approximate surface area is 210 Å². The van der Waals surface area contributed by atoms with Gasteiger partial charge in [-0.1, -0.05) is 92.2 Å². The van der Waals surface area contributed by atoms with Gasteiger partial charge in [0.25, 0.3) is 0 Å². The van der Waals surface area contributed by atoms with E-state index < -0.39 is 0 Å². The van der Waals surface area contributed by atoms with Crippen LogP contribution in [-0.2, 0) is 5.41 Å². The minimum atomic E-state index is 0.0189. The second-order valence-corrected chi connectivity index (χ2v) is 10.4. The molecule has 0 amide bonds. The lowest BCUT2D eigenvalue weighted by molar-refractivity contribution is 0.660. The summed E-state index contributed by atoms with van der Waals surface area (Å²) in [4.78, 5) is 0. The van der Waals surface area contributed by atoms with Crippen LogP contribution in [0.4, 0.5) is 0 Å². The first-order chi connectivity index (χ1) is 17.0. The van der Waals surface area contributed by atoms with Crippen LogP contribution >= 0.6 is 11.6 Å². The van der Waals surface area contributed by atoms with Crippen LogP contribution in [0.25, 0.3) is 49.7 Å². The summed E-state index contributed by atoms with van der Waals surface area (Å²) in [5.74, 6) is 0. The van der Waals surface area contributed by atoms with Crippen molar-refractivity contribution in [2.75, 3.05) is 0 Å². The molecule has 35 heavy (non-hydrogen) atoms. The van der Waals surface area contributed by atoms with Crippen LogP contribution in [0, 0.1) is 0 Å². The number of fused-ring (bicyclic) bond motifs is 6. The number of halogens is 1. The summed E-state index contributed by atoms with van der Waals surface area (Å²) in [6.45, 7) is 4.65. The molecule has 7 rings (SSSR count). The van der Waals surface area contributed by atoms with E-state index in [1.807, 2.05) is 12.1 Å². The molecular weight excluding hydrogens is 446 g/mol.